The molecule has 0 spiro atoms. The zero-order valence-corrected chi connectivity index (χ0v) is 7.75. The van der Waals surface area contributed by atoms with Crippen LogP contribution in [0.25, 0.3) is 5.65 Å². The molecule has 0 bridgehead atoms. The van der Waals surface area contributed by atoms with Crippen LogP contribution in [0.4, 0.5) is 13.2 Å². The lowest BCUT2D eigenvalue weighted by molar-refractivity contribution is -0.141. The third-order valence-electron chi connectivity index (χ3n) is 2.04. The van der Waals surface area contributed by atoms with Gasteiger partial charge in [-0.2, -0.15) is 13.2 Å². The Hall–Kier alpha value is -1.83. The number of aromatic nitrogens is 3. The molecule has 0 saturated carbocycles. The Bertz CT molecular complexity index is 584. The van der Waals surface area contributed by atoms with E-state index in [0.29, 0.717) is 4.52 Å². The molecule has 0 amide bonds. The van der Waals surface area contributed by atoms with E-state index in [9.17, 15) is 18.0 Å². The quantitative estimate of drug-likeness (QED) is 0.754. The number of aliphatic hydroxyl groups is 1. The Labute approximate surface area is 86.1 Å². The highest BCUT2D eigenvalue weighted by Gasteiger charge is 2.33. The van der Waals surface area contributed by atoms with Crippen molar-refractivity contribution < 1.29 is 18.3 Å². The first kappa shape index (κ1) is 10.7. The van der Waals surface area contributed by atoms with Crippen molar-refractivity contribution in [1.82, 2.24) is 14.6 Å². The zero-order chi connectivity index (χ0) is 11.9. The molecule has 0 aliphatic heterocycles. The molecule has 2 aromatic rings. The first-order valence-corrected chi connectivity index (χ1v) is 4.21. The molecule has 8 heteroatoms. The number of hydrogen-bond donors (Lipinski definition) is 2. The van der Waals surface area contributed by atoms with Crippen LogP contribution in [-0.4, -0.2) is 19.7 Å². The minimum Gasteiger partial charge on any atom is -0.391 e. The van der Waals surface area contributed by atoms with Crippen LogP contribution in [0.5, 0.6) is 0 Å². The molecular weight excluding hydrogens is 227 g/mol. The highest BCUT2D eigenvalue weighted by atomic mass is 19.4. The maximum Gasteiger partial charge on any atom is 0.432 e. The van der Waals surface area contributed by atoms with Gasteiger partial charge in [0.1, 0.15) is 5.69 Å². The second-order valence-corrected chi connectivity index (χ2v) is 3.11. The Kier molecular flexibility index (Phi) is 2.23. The molecule has 2 rings (SSSR count). The fourth-order valence-electron chi connectivity index (χ4n) is 1.25. The Balaban J connectivity index is 2.72. The van der Waals surface area contributed by atoms with Gasteiger partial charge in [-0.3, -0.25) is 9.89 Å². The summed E-state index contributed by atoms with van der Waals surface area (Å²) in [6, 6.07) is 0.725. The number of halogens is 3. The minimum absolute atomic E-state index is 0.0759. The van der Waals surface area contributed by atoms with Crippen molar-refractivity contribution in [3.8, 4) is 0 Å². The van der Waals surface area contributed by atoms with Gasteiger partial charge >= 0.3 is 6.18 Å². The summed E-state index contributed by atoms with van der Waals surface area (Å²) in [6.07, 6.45) is -3.52. The normalized spacial score (nSPS) is 12.2. The molecule has 0 aliphatic carbocycles. The van der Waals surface area contributed by atoms with Crippen molar-refractivity contribution in [2.24, 2.45) is 0 Å². The van der Waals surface area contributed by atoms with Gasteiger partial charge < -0.3 is 5.11 Å². The monoisotopic (exact) mass is 233 g/mol. The lowest BCUT2D eigenvalue weighted by atomic mass is 10.3. The third kappa shape index (κ3) is 1.56. The molecule has 86 valence electrons. The van der Waals surface area contributed by atoms with E-state index in [4.69, 9.17) is 5.11 Å². The number of hydrogen-bond acceptors (Lipinski definition) is 3. The molecule has 0 fully saturated rings. The van der Waals surface area contributed by atoms with Gasteiger partial charge in [0.15, 0.2) is 5.65 Å². The number of nitrogens with zero attached hydrogens (tertiary/aromatic N) is 2. The number of aliphatic hydroxyl groups excluding tert-OH is 1. The summed E-state index contributed by atoms with van der Waals surface area (Å²) in [5, 5.41) is 10.6. The summed E-state index contributed by atoms with van der Waals surface area (Å²) in [5.74, 6) is 0. The average Bonchev–Trinajstić information content (AvgIpc) is 2.62. The van der Waals surface area contributed by atoms with Crippen LogP contribution in [-0.2, 0) is 12.8 Å². The fraction of sp³-hybridized carbons (Fsp3) is 0.250. The largest absolute Gasteiger partial charge is 0.432 e. The van der Waals surface area contributed by atoms with E-state index in [-0.39, 0.29) is 11.2 Å². The summed E-state index contributed by atoms with van der Waals surface area (Å²) in [6.45, 7) is -0.574. The zero-order valence-electron chi connectivity index (χ0n) is 7.75. The van der Waals surface area contributed by atoms with Crippen molar-refractivity contribution in [2.75, 3.05) is 0 Å². The Morgan fingerprint density at radius 1 is 1.50 bits per heavy atom. The molecule has 0 saturated heterocycles. The van der Waals surface area contributed by atoms with Crippen molar-refractivity contribution >= 4 is 5.65 Å². The lowest BCUT2D eigenvalue weighted by Gasteiger charge is -2.00. The summed E-state index contributed by atoms with van der Waals surface area (Å²) in [7, 11) is 0. The van der Waals surface area contributed by atoms with E-state index in [1.807, 2.05) is 5.10 Å². The molecule has 0 radical (unpaired) electrons. The molecule has 0 aromatic carbocycles. The summed E-state index contributed by atoms with van der Waals surface area (Å²) < 4.78 is 37.6. The smallest absolute Gasteiger partial charge is 0.391 e. The maximum atomic E-state index is 12.3. The standard InChI is InChI=1S/C8H6F3N3O2/c9-8(10,11)5-1-6-12-2-4(3-15)7(16)14(6)13-5/h1-2,13,15H,3H2. The number of alkyl halides is 3. The van der Waals surface area contributed by atoms with E-state index < -0.39 is 24.0 Å². The Morgan fingerprint density at radius 3 is 2.75 bits per heavy atom. The number of aromatic amines is 1. The minimum atomic E-state index is -4.57. The molecule has 2 N–H and O–H groups in total. The molecular formula is C8H6F3N3O2. The van der Waals surface area contributed by atoms with Gasteiger partial charge in [-0.1, -0.05) is 0 Å². The predicted molar refractivity (Wildman–Crippen MR) is 46.7 cm³/mol. The number of fused-ring (bicyclic) bond motifs is 1. The second kappa shape index (κ2) is 3.34. The van der Waals surface area contributed by atoms with Crippen LogP contribution < -0.4 is 5.56 Å². The van der Waals surface area contributed by atoms with Crippen LogP contribution in [0.1, 0.15) is 11.3 Å². The van der Waals surface area contributed by atoms with Gasteiger partial charge in [0.2, 0.25) is 0 Å². The number of nitrogens with one attached hydrogen (secondary N) is 1. The SMILES string of the molecule is O=c1c(CO)cnc2cc(C(F)(F)F)[nH]n12. The van der Waals surface area contributed by atoms with E-state index >= 15 is 0 Å². The molecule has 0 aliphatic rings. The van der Waals surface area contributed by atoms with Crippen molar-refractivity contribution in [2.45, 2.75) is 12.8 Å². The van der Waals surface area contributed by atoms with E-state index in [0.717, 1.165) is 12.3 Å². The molecule has 0 unspecified atom stereocenters. The highest BCUT2D eigenvalue weighted by Crippen LogP contribution is 2.27. The molecule has 2 aromatic heterocycles. The lowest BCUT2D eigenvalue weighted by Crippen LogP contribution is -2.20. The van der Waals surface area contributed by atoms with Crippen molar-refractivity contribution in [1.29, 1.82) is 0 Å². The number of rotatable bonds is 1. The Morgan fingerprint density at radius 2 is 2.19 bits per heavy atom. The van der Waals surface area contributed by atoms with E-state index in [2.05, 4.69) is 4.98 Å². The number of H-pyrrole nitrogens is 1. The summed E-state index contributed by atoms with van der Waals surface area (Å²) in [4.78, 5) is 15.1. The van der Waals surface area contributed by atoms with E-state index in [1.54, 1.807) is 0 Å². The van der Waals surface area contributed by atoms with Crippen LogP contribution in [0, 0.1) is 0 Å². The van der Waals surface area contributed by atoms with Crippen LogP contribution >= 0.6 is 0 Å². The van der Waals surface area contributed by atoms with Gasteiger partial charge in [0.25, 0.3) is 5.56 Å². The summed E-state index contributed by atoms with van der Waals surface area (Å²) in [5.41, 5.74) is -2.03. The maximum absolute atomic E-state index is 12.3. The highest BCUT2D eigenvalue weighted by molar-refractivity contribution is 5.40. The molecule has 16 heavy (non-hydrogen) atoms. The van der Waals surface area contributed by atoms with Crippen molar-refractivity contribution in [3.63, 3.8) is 0 Å². The molecule has 2 heterocycles. The van der Waals surface area contributed by atoms with E-state index in [1.165, 1.54) is 0 Å². The topological polar surface area (TPSA) is 70.4 Å². The summed E-state index contributed by atoms with van der Waals surface area (Å²) >= 11 is 0. The van der Waals surface area contributed by atoms with Crippen LogP contribution in [0.2, 0.25) is 0 Å². The average molecular weight is 233 g/mol. The first-order valence-electron chi connectivity index (χ1n) is 4.21. The molecule has 5 nitrogen and oxygen atoms in total. The second-order valence-electron chi connectivity index (χ2n) is 3.11. The van der Waals surface area contributed by atoms with Gasteiger partial charge in [-0.25, -0.2) is 9.50 Å². The van der Waals surface area contributed by atoms with Crippen molar-refractivity contribution in [3.05, 3.63) is 33.9 Å². The molecule has 0 atom stereocenters. The van der Waals surface area contributed by atoms with Crippen LogP contribution in [0.3, 0.4) is 0 Å². The fourth-order valence-corrected chi connectivity index (χ4v) is 1.25. The van der Waals surface area contributed by atoms with Crippen LogP contribution in [0.15, 0.2) is 17.1 Å². The van der Waals surface area contributed by atoms with Gasteiger partial charge in [-0.05, 0) is 0 Å². The van der Waals surface area contributed by atoms with Gasteiger partial charge in [0, 0.05) is 12.3 Å². The third-order valence-corrected chi connectivity index (χ3v) is 2.04. The van der Waals surface area contributed by atoms with Gasteiger partial charge in [-0.15, -0.1) is 0 Å². The van der Waals surface area contributed by atoms with Gasteiger partial charge in [0.05, 0.1) is 12.2 Å². The first-order chi connectivity index (χ1) is 7.43. The predicted octanol–water partition coefficient (Wildman–Crippen LogP) is 0.534.